The van der Waals surface area contributed by atoms with Crippen molar-refractivity contribution >= 4 is 0 Å². The van der Waals surface area contributed by atoms with Crippen molar-refractivity contribution in [2.75, 3.05) is 13.2 Å². The lowest BCUT2D eigenvalue weighted by Crippen LogP contribution is -2.30. The molecule has 0 fully saturated rings. The molecule has 3 heteroatoms. The zero-order valence-electron chi connectivity index (χ0n) is 7.26. The van der Waals surface area contributed by atoms with Gasteiger partial charge in [-0.25, -0.2) is 4.39 Å². The topological polar surface area (TPSA) is 32.3 Å². The van der Waals surface area contributed by atoms with Crippen LogP contribution in [0, 0.1) is 0 Å². The van der Waals surface area contributed by atoms with Gasteiger partial charge in [-0.1, -0.05) is 6.07 Å². The van der Waals surface area contributed by atoms with Crippen LogP contribution in [0.1, 0.15) is 17.2 Å². The second-order valence-electron chi connectivity index (χ2n) is 3.29. The van der Waals surface area contributed by atoms with Crippen LogP contribution in [0.2, 0.25) is 0 Å². The fourth-order valence-corrected chi connectivity index (χ4v) is 1.76. The number of nitrogens with one attached hydrogen (secondary N) is 1. The van der Waals surface area contributed by atoms with E-state index in [4.69, 9.17) is 0 Å². The SMILES string of the molecule is Oc1ccc2c(c1)C(CF)NCC2. The van der Waals surface area contributed by atoms with Crippen molar-refractivity contribution in [1.82, 2.24) is 5.32 Å². The van der Waals surface area contributed by atoms with Crippen molar-refractivity contribution in [3.63, 3.8) is 0 Å². The number of alkyl halides is 1. The van der Waals surface area contributed by atoms with Gasteiger partial charge in [0.15, 0.2) is 0 Å². The van der Waals surface area contributed by atoms with E-state index in [0.29, 0.717) is 0 Å². The van der Waals surface area contributed by atoms with Gasteiger partial charge in [0.1, 0.15) is 12.4 Å². The Morgan fingerprint density at radius 1 is 1.54 bits per heavy atom. The molecule has 13 heavy (non-hydrogen) atoms. The summed E-state index contributed by atoms with van der Waals surface area (Å²) >= 11 is 0. The fourth-order valence-electron chi connectivity index (χ4n) is 1.76. The van der Waals surface area contributed by atoms with E-state index in [1.165, 1.54) is 0 Å². The first-order chi connectivity index (χ1) is 6.31. The molecule has 1 unspecified atom stereocenters. The number of hydrogen-bond donors (Lipinski definition) is 2. The summed E-state index contributed by atoms with van der Waals surface area (Å²) in [4.78, 5) is 0. The van der Waals surface area contributed by atoms with E-state index >= 15 is 0 Å². The summed E-state index contributed by atoms with van der Waals surface area (Å²) in [6, 6.07) is 4.93. The maximum absolute atomic E-state index is 12.5. The van der Waals surface area contributed by atoms with Gasteiger partial charge in [0.05, 0.1) is 6.04 Å². The van der Waals surface area contributed by atoms with Crippen LogP contribution in [-0.2, 0) is 6.42 Å². The highest BCUT2D eigenvalue weighted by Gasteiger charge is 2.19. The number of halogens is 1. The lowest BCUT2D eigenvalue weighted by Gasteiger charge is -2.24. The molecule has 0 radical (unpaired) electrons. The van der Waals surface area contributed by atoms with Crippen molar-refractivity contribution in [2.45, 2.75) is 12.5 Å². The number of phenols is 1. The standard InChI is InChI=1S/C10H12FNO/c11-6-10-9-5-8(13)2-1-7(9)3-4-12-10/h1-2,5,10,12-13H,3-4,6H2. The molecule has 1 aromatic carbocycles. The van der Waals surface area contributed by atoms with E-state index < -0.39 is 6.67 Å². The van der Waals surface area contributed by atoms with Gasteiger partial charge in [-0.3, -0.25) is 0 Å². The monoisotopic (exact) mass is 181 g/mol. The van der Waals surface area contributed by atoms with Gasteiger partial charge >= 0.3 is 0 Å². The zero-order valence-corrected chi connectivity index (χ0v) is 7.26. The van der Waals surface area contributed by atoms with Crippen molar-refractivity contribution in [1.29, 1.82) is 0 Å². The summed E-state index contributed by atoms with van der Waals surface area (Å²) in [5.41, 5.74) is 2.04. The molecular formula is C10H12FNO. The Kier molecular flexibility index (Phi) is 2.19. The minimum atomic E-state index is -0.420. The first kappa shape index (κ1) is 8.51. The molecule has 1 aromatic rings. The molecule has 70 valence electrons. The summed E-state index contributed by atoms with van der Waals surface area (Å²) in [7, 11) is 0. The maximum atomic E-state index is 12.5. The molecule has 2 rings (SSSR count). The van der Waals surface area contributed by atoms with Gasteiger partial charge in [0, 0.05) is 0 Å². The van der Waals surface area contributed by atoms with Crippen molar-refractivity contribution in [3.8, 4) is 5.75 Å². The third-order valence-corrected chi connectivity index (χ3v) is 2.44. The molecule has 1 atom stereocenters. The van der Waals surface area contributed by atoms with Gasteiger partial charge in [0.25, 0.3) is 0 Å². The van der Waals surface area contributed by atoms with Crippen LogP contribution >= 0.6 is 0 Å². The molecule has 1 heterocycles. The minimum Gasteiger partial charge on any atom is -0.508 e. The molecule has 1 aliphatic rings. The van der Waals surface area contributed by atoms with Crippen LogP contribution in [-0.4, -0.2) is 18.3 Å². The first-order valence-corrected chi connectivity index (χ1v) is 4.42. The Bertz CT molecular complexity index is 314. The highest BCUT2D eigenvalue weighted by Crippen LogP contribution is 2.26. The predicted octanol–water partition coefficient (Wildman–Crippen LogP) is 1.55. The van der Waals surface area contributed by atoms with Crippen LogP contribution in [0.15, 0.2) is 18.2 Å². The molecule has 0 saturated heterocycles. The molecule has 0 aliphatic carbocycles. The van der Waals surface area contributed by atoms with Crippen LogP contribution < -0.4 is 5.32 Å². The third kappa shape index (κ3) is 1.52. The molecule has 0 spiro atoms. The number of aromatic hydroxyl groups is 1. The van der Waals surface area contributed by atoms with Crippen LogP contribution in [0.5, 0.6) is 5.75 Å². The molecule has 0 amide bonds. The largest absolute Gasteiger partial charge is 0.508 e. The molecule has 2 nitrogen and oxygen atoms in total. The summed E-state index contributed by atoms with van der Waals surface area (Å²) < 4.78 is 12.5. The van der Waals surface area contributed by atoms with Crippen molar-refractivity contribution in [2.24, 2.45) is 0 Å². The average molecular weight is 181 g/mol. The maximum Gasteiger partial charge on any atom is 0.115 e. The van der Waals surface area contributed by atoms with E-state index in [1.807, 2.05) is 6.07 Å². The Morgan fingerprint density at radius 2 is 2.38 bits per heavy atom. The van der Waals surface area contributed by atoms with Crippen LogP contribution in [0.3, 0.4) is 0 Å². The van der Waals surface area contributed by atoms with Crippen molar-refractivity contribution in [3.05, 3.63) is 29.3 Å². The highest BCUT2D eigenvalue weighted by molar-refractivity contribution is 5.38. The summed E-state index contributed by atoms with van der Waals surface area (Å²) in [5, 5.41) is 12.3. The van der Waals surface area contributed by atoms with Crippen LogP contribution in [0.4, 0.5) is 4.39 Å². The van der Waals surface area contributed by atoms with Gasteiger partial charge in [-0.2, -0.15) is 0 Å². The summed E-state index contributed by atoms with van der Waals surface area (Å²) in [6.07, 6.45) is 0.909. The molecule has 0 bridgehead atoms. The lowest BCUT2D eigenvalue weighted by atomic mass is 9.95. The number of hydrogen-bond acceptors (Lipinski definition) is 2. The van der Waals surface area contributed by atoms with E-state index in [1.54, 1.807) is 12.1 Å². The first-order valence-electron chi connectivity index (χ1n) is 4.42. The van der Waals surface area contributed by atoms with Crippen molar-refractivity contribution < 1.29 is 9.50 Å². The smallest absolute Gasteiger partial charge is 0.115 e. The number of phenolic OH excluding ortho intramolecular Hbond substituents is 1. The number of fused-ring (bicyclic) bond motifs is 1. The highest BCUT2D eigenvalue weighted by atomic mass is 19.1. The Balaban J connectivity index is 2.41. The summed E-state index contributed by atoms with van der Waals surface area (Å²) in [5.74, 6) is 0.209. The molecular weight excluding hydrogens is 169 g/mol. The molecule has 2 N–H and O–H groups in total. The van der Waals surface area contributed by atoms with Gasteiger partial charge in [-0.15, -0.1) is 0 Å². The lowest BCUT2D eigenvalue weighted by molar-refractivity contribution is 0.369. The van der Waals surface area contributed by atoms with Gasteiger partial charge in [0.2, 0.25) is 0 Å². The third-order valence-electron chi connectivity index (χ3n) is 2.44. The van der Waals surface area contributed by atoms with Crippen LogP contribution in [0.25, 0.3) is 0 Å². The van der Waals surface area contributed by atoms with E-state index in [-0.39, 0.29) is 11.8 Å². The second kappa shape index (κ2) is 3.34. The van der Waals surface area contributed by atoms with Gasteiger partial charge in [-0.05, 0) is 36.2 Å². The van der Waals surface area contributed by atoms with E-state index in [2.05, 4.69) is 5.32 Å². The Hall–Kier alpha value is -1.09. The average Bonchev–Trinajstić information content (AvgIpc) is 2.17. The molecule has 0 saturated carbocycles. The molecule has 0 aromatic heterocycles. The zero-order chi connectivity index (χ0) is 9.26. The minimum absolute atomic E-state index is 0.209. The fraction of sp³-hybridized carbons (Fsp3) is 0.400. The number of rotatable bonds is 1. The van der Waals surface area contributed by atoms with E-state index in [0.717, 1.165) is 24.1 Å². The number of benzene rings is 1. The Morgan fingerprint density at radius 3 is 3.15 bits per heavy atom. The molecule has 1 aliphatic heterocycles. The van der Waals surface area contributed by atoms with E-state index in [9.17, 15) is 9.50 Å². The normalized spacial score (nSPS) is 21.2. The Labute approximate surface area is 76.4 Å². The quantitative estimate of drug-likeness (QED) is 0.689. The van der Waals surface area contributed by atoms with Gasteiger partial charge < -0.3 is 10.4 Å². The second-order valence-corrected chi connectivity index (χ2v) is 3.29. The predicted molar refractivity (Wildman–Crippen MR) is 48.5 cm³/mol. The summed E-state index contributed by atoms with van der Waals surface area (Å²) in [6.45, 7) is 0.392.